The molecular formula is C21H21N2O5-. The molecule has 2 amide bonds. The van der Waals surface area contributed by atoms with E-state index in [0.29, 0.717) is 13.0 Å². The Morgan fingerprint density at radius 3 is 2.43 bits per heavy atom. The average molecular weight is 381 g/mol. The number of aromatic carboxylic acids is 1. The van der Waals surface area contributed by atoms with Crippen molar-refractivity contribution in [2.24, 2.45) is 0 Å². The van der Waals surface area contributed by atoms with Gasteiger partial charge in [-0.2, -0.15) is 0 Å². The Labute approximate surface area is 162 Å². The van der Waals surface area contributed by atoms with E-state index in [1.165, 1.54) is 17.0 Å². The number of rotatable bonds is 6. The molecule has 3 rings (SSSR count). The molecule has 0 aliphatic carbocycles. The number of likely N-dealkylation sites (tertiary alicyclic amines) is 1. The summed E-state index contributed by atoms with van der Waals surface area (Å²) in [7, 11) is 0. The molecule has 1 fully saturated rings. The first-order chi connectivity index (χ1) is 13.5. The number of carboxylic acid groups (broad SMARTS) is 1. The summed E-state index contributed by atoms with van der Waals surface area (Å²) < 4.78 is 5.34. The highest BCUT2D eigenvalue weighted by molar-refractivity contribution is 5.86. The van der Waals surface area contributed by atoms with Gasteiger partial charge in [-0.25, -0.2) is 4.79 Å². The van der Waals surface area contributed by atoms with Crippen LogP contribution >= 0.6 is 0 Å². The molecule has 0 aromatic heterocycles. The summed E-state index contributed by atoms with van der Waals surface area (Å²) >= 11 is 0. The predicted octanol–water partition coefficient (Wildman–Crippen LogP) is 1.47. The topological polar surface area (TPSA) is 98.8 Å². The van der Waals surface area contributed by atoms with Gasteiger partial charge in [-0.15, -0.1) is 0 Å². The number of carboxylic acids is 1. The molecule has 7 heteroatoms. The number of nitrogens with zero attached hydrogens (tertiary/aromatic N) is 1. The Kier molecular flexibility index (Phi) is 6.26. The van der Waals surface area contributed by atoms with Crippen LogP contribution in [0.2, 0.25) is 0 Å². The fourth-order valence-corrected chi connectivity index (χ4v) is 3.13. The minimum atomic E-state index is -1.24. The second kappa shape index (κ2) is 9.03. The molecule has 2 aromatic rings. The highest BCUT2D eigenvalue weighted by Gasteiger charge is 2.34. The molecule has 0 bridgehead atoms. The third-order valence-corrected chi connectivity index (χ3v) is 4.65. The number of amides is 2. The van der Waals surface area contributed by atoms with Gasteiger partial charge < -0.3 is 20.0 Å². The summed E-state index contributed by atoms with van der Waals surface area (Å²) in [6, 6.07) is 14.9. The van der Waals surface area contributed by atoms with Gasteiger partial charge in [0.1, 0.15) is 12.6 Å². The fourth-order valence-electron chi connectivity index (χ4n) is 3.13. The van der Waals surface area contributed by atoms with Crippen LogP contribution in [0.1, 0.15) is 34.3 Å². The van der Waals surface area contributed by atoms with E-state index >= 15 is 0 Å². The Morgan fingerprint density at radius 2 is 1.75 bits per heavy atom. The van der Waals surface area contributed by atoms with Crippen LogP contribution in [0.15, 0.2) is 54.6 Å². The first kappa shape index (κ1) is 19.4. The van der Waals surface area contributed by atoms with Crippen LogP contribution in [0, 0.1) is 0 Å². The summed E-state index contributed by atoms with van der Waals surface area (Å²) in [6.45, 7) is 0.886. The molecule has 1 heterocycles. The molecular weight excluding hydrogens is 360 g/mol. The molecule has 1 N–H and O–H groups in total. The second-order valence-corrected chi connectivity index (χ2v) is 6.59. The zero-order valence-electron chi connectivity index (χ0n) is 15.3. The van der Waals surface area contributed by atoms with Crippen LogP contribution in [0.25, 0.3) is 0 Å². The van der Waals surface area contributed by atoms with E-state index in [1.54, 1.807) is 12.1 Å². The van der Waals surface area contributed by atoms with Gasteiger partial charge in [0.25, 0.3) is 0 Å². The van der Waals surface area contributed by atoms with Gasteiger partial charge >= 0.3 is 6.09 Å². The van der Waals surface area contributed by atoms with E-state index in [9.17, 15) is 19.5 Å². The number of carbonyl (C=O) groups excluding carboxylic acids is 3. The number of carbonyl (C=O) groups is 3. The van der Waals surface area contributed by atoms with E-state index in [-0.39, 0.29) is 24.6 Å². The van der Waals surface area contributed by atoms with Gasteiger partial charge in [0, 0.05) is 13.1 Å². The summed E-state index contributed by atoms with van der Waals surface area (Å²) in [4.78, 5) is 37.1. The van der Waals surface area contributed by atoms with Crippen LogP contribution in [-0.4, -0.2) is 35.5 Å². The van der Waals surface area contributed by atoms with Crippen LogP contribution in [0.3, 0.4) is 0 Å². The predicted molar refractivity (Wildman–Crippen MR) is 99.0 cm³/mol. The molecule has 28 heavy (non-hydrogen) atoms. The first-order valence-corrected chi connectivity index (χ1v) is 9.10. The van der Waals surface area contributed by atoms with Gasteiger partial charge in [-0.3, -0.25) is 9.69 Å². The third kappa shape index (κ3) is 4.88. The minimum absolute atomic E-state index is 0.0817. The maximum atomic E-state index is 12.5. The van der Waals surface area contributed by atoms with E-state index < -0.39 is 18.1 Å². The lowest BCUT2D eigenvalue weighted by Gasteiger charge is -2.23. The summed E-state index contributed by atoms with van der Waals surface area (Å²) in [5.41, 5.74) is 1.73. The molecule has 0 spiro atoms. The number of hydrogen-bond donors (Lipinski definition) is 1. The zero-order chi connectivity index (χ0) is 19.9. The monoisotopic (exact) mass is 381 g/mol. The molecule has 1 atom stereocenters. The van der Waals surface area contributed by atoms with Gasteiger partial charge in [0.15, 0.2) is 0 Å². The molecule has 7 nitrogen and oxygen atoms in total. The maximum Gasteiger partial charge on any atom is 0.410 e. The Bertz CT molecular complexity index is 836. The Morgan fingerprint density at radius 1 is 1.04 bits per heavy atom. The Balaban J connectivity index is 1.52. The molecule has 1 saturated heterocycles. The Hall–Kier alpha value is -3.35. The summed E-state index contributed by atoms with van der Waals surface area (Å²) in [5, 5.41) is 13.6. The normalized spacial score (nSPS) is 15.9. The standard InChI is InChI=1S/C21H22N2O5/c24-19(22-13-15-8-10-17(11-9-15)20(25)26)18-7-4-12-23(18)21(27)28-14-16-5-2-1-3-6-16/h1-3,5-6,8-11,18H,4,7,12-14H2,(H,22,24)(H,25,26)/p-1/t18-/m1/s1. The highest BCUT2D eigenvalue weighted by Crippen LogP contribution is 2.19. The lowest BCUT2D eigenvalue weighted by atomic mass is 10.1. The molecule has 0 saturated carbocycles. The summed E-state index contributed by atoms with van der Waals surface area (Å²) in [5.74, 6) is -1.50. The van der Waals surface area contributed by atoms with Gasteiger partial charge in [0.2, 0.25) is 5.91 Å². The largest absolute Gasteiger partial charge is 0.545 e. The van der Waals surface area contributed by atoms with Crippen molar-refractivity contribution in [1.29, 1.82) is 0 Å². The zero-order valence-corrected chi connectivity index (χ0v) is 15.3. The number of benzene rings is 2. The first-order valence-electron chi connectivity index (χ1n) is 9.10. The van der Waals surface area contributed by atoms with Crippen LogP contribution < -0.4 is 10.4 Å². The highest BCUT2D eigenvalue weighted by atomic mass is 16.6. The van der Waals surface area contributed by atoms with E-state index in [0.717, 1.165) is 17.5 Å². The average Bonchev–Trinajstić information content (AvgIpc) is 3.21. The molecule has 0 unspecified atom stereocenters. The SMILES string of the molecule is O=C([O-])c1ccc(CNC(=O)[C@H]2CCCN2C(=O)OCc2ccccc2)cc1. The fraction of sp³-hybridized carbons (Fsp3) is 0.286. The van der Waals surface area contributed by atoms with Crippen molar-refractivity contribution in [1.82, 2.24) is 10.2 Å². The quantitative estimate of drug-likeness (QED) is 0.817. The van der Waals surface area contributed by atoms with Gasteiger partial charge in [-0.05, 0) is 29.5 Å². The van der Waals surface area contributed by atoms with Crippen molar-refractivity contribution in [3.8, 4) is 0 Å². The molecule has 0 radical (unpaired) electrons. The second-order valence-electron chi connectivity index (χ2n) is 6.59. The van der Waals surface area contributed by atoms with Crippen molar-refractivity contribution < 1.29 is 24.2 Å². The van der Waals surface area contributed by atoms with Crippen molar-refractivity contribution in [3.63, 3.8) is 0 Å². The third-order valence-electron chi connectivity index (χ3n) is 4.65. The molecule has 146 valence electrons. The maximum absolute atomic E-state index is 12.5. The van der Waals surface area contributed by atoms with Crippen molar-refractivity contribution in [3.05, 3.63) is 71.3 Å². The van der Waals surface area contributed by atoms with Crippen LogP contribution in [-0.2, 0) is 22.7 Å². The van der Waals surface area contributed by atoms with E-state index in [2.05, 4.69) is 5.32 Å². The number of nitrogens with one attached hydrogen (secondary N) is 1. The smallest absolute Gasteiger partial charge is 0.410 e. The lowest BCUT2D eigenvalue weighted by molar-refractivity contribution is -0.255. The van der Waals surface area contributed by atoms with Gasteiger partial charge in [-0.1, -0.05) is 54.6 Å². The van der Waals surface area contributed by atoms with Crippen molar-refractivity contribution in [2.75, 3.05) is 6.54 Å². The number of hydrogen-bond acceptors (Lipinski definition) is 5. The van der Waals surface area contributed by atoms with Crippen molar-refractivity contribution >= 4 is 18.0 Å². The van der Waals surface area contributed by atoms with Gasteiger partial charge in [0.05, 0.1) is 5.97 Å². The molecule has 1 aliphatic rings. The molecule has 2 aromatic carbocycles. The molecule has 1 aliphatic heterocycles. The number of ether oxygens (including phenoxy) is 1. The van der Waals surface area contributed by atoms with E-state index in [4.69, 9.17) is 4.74 Å². The minimum Gasteiger partial charge on any atom is -0.545 e. The van der Waals surface area contributed by atoms with Crippen LogP contribution in [0.5, 0.6) is 0 Å². The van der Waals surface area contributed by atoms with Crippen LogP contribution in [0.4, 0.5) is 4.79 Å². The van der Waals surface area contributed by atoms with Crippen molar-refractivity contribution in [2.45, 2.75) is 32.0 Å². The lowest BCUT2D eigenvalue weighted by Crippen LogP contribution is -2.45. The van der Waals surface area contributed by atoms with E-state index in [1.807, 2.05) is 30.3 Å². The summed E-state index contributed by atoms with van der Waals surface area (Å²) in [6.07, 6.45) is 0.814.